The van der Waals surface area contributed by atoms with Crippen molar-refractivity contribution in [2.45, 2.75) is 149 Å². The van der Waals surface area contributed by atoms with Crippen LogP contribution >= 0.6 is 0 Å². The van der Waals surface area contributed by atoms with E-state index in [-0.39, 0.29) is 16.7 Å². The third-order valence-corrected chi connectivity index (χ3v) is 11.9. The third kappa shape index (κ3) is 5.99. The molecule has 4 heteroatoms. The van der Waals surface area contributed by atoms with Gasteiger partial charge in [0.2, 0.25) is 5.91 Å². The van der Waals surface area contributed by atoms with Crippen LogP contribution in [0.2, 0.25) is 0 Å². The number of carbonyl (C=O) groups is 2. The molecule has 0 heterocycles. The Balaban J connectivity index is 1.40. The molecule has 0 radical (unpaired) electrons. The molecule has 0 aromatic carbocycles. The molecule has 0 aromatic heterocycles. The van der Waals surface area contributed by atoms with Crippen molar-refractivity contribution in [1.29, 1.82) is 0 Å². The van der Waals surface area contributed by atoms with Crippen LogP contribution in [-0.2, 0) is 9.59 Å². The Kier molecular flexibility index (Phi) is 9.51. The zero-order chi connectivity index (χ0) is 26.7. The molecule has 4 rings (SSSR count). The fraction of sp³-hybridized carbons (Fsp3) is 0.939. The first-order valence-corrected chi connectivity index (χ1v) is 16.2. The van der Waals surface area contributed by atoms with Crippen molar-refractivity contribution in [2.75, 3.05) is 13.1 Å². The molecule has 0 saturated heterocycles. The number of rotatable bonds is 12. The number of aliphatic hydroxyl groups is 1. The first-order valence-electron chi connectivity index (χ1n) is 16.2. The summed E-state index contributed by atoms with van der Waals surface area (Å²) in [6, 6.07) is 0. The van der Waals surface area contributed by atoms with E-state index in [0.29, 0.717) is 42.4 Å². The Morgan fingerprint density at radius 2 is 1.62 bits per heavy atom. The van der Waals surface area contributed by atoms with Crippen LogP contribution in [0.25, 0.3) is 0 Å². The molecular weight excluding hydrogens is 458 g/mol. The first kappa shape index (κ1) is 29.1. The van der Waals surface area contributed by atoms with Crippen molar-refractivity contribution < 1.29 is 14.7 Å². The number of carbonyl (C=O) groups excluding carboxylic acids is 2. The molecule has 4 aliphatic rings. The lowest BCUT2D eigenvalue weighted by molar-refractivity contribution is -0.161. The highest BCUT2D eigenvalue weighted by Gasteiger charge is 2.61. The van der Waals surface area contributed by atoms with Gasteiger partial charge in [-0.1, -0.05) is 66.2 Å². The van der Waals surface area contributed by atoms with Gasteiger partial charge in [-0.2, -0.15) is 0 Å². The van der Waals surface area contributed by atoms with E-state index in [9.17, 15) is 14.7 Å². The maximum Gasteiger partial charge on any atom is 0.222 e. The molecule has 0 aliphatic heterocycles. The van der Waals surface area contributed by atoms with Gasteiger partial charge in [-0.3, -0.25) is 9.59 Å². The summed E-state index contributed by atoms with van der Waals surface area (Å²) < 4.78 is 0. The molecule has 4 aliphatic carbocycles. The summed E-state index contributed by atoms with van der Waals surface area (Å²) >= 11 is 0. The SMILES string of the molecule is CCCCCCCN(C[C@@]1(O)CC[C@@]2(C)[C@@H](CC[C@@H]3[C@@H]2CC[C@]2(C)C(=O)CC[C@@H]32)C1)C(=O)CCCCC. The van der Waals surface area contributed by atoms with Gasteiger partial charge in [0, 0.05) is 31.3 Å². The molecule has 4 saturated carbocycles. The second kappa shape index (κ2) is 12.1. The van der Waals surface area contributed by atoms with E-state index >= 15 is 0 Å². The quantitative estimate of drug-likeness (QED) is 0.271. The van der Waals surface area contributed by atoms with Crippen LogP contribution in [0.3, 0.4) is 0 Å². The minimum absolute atomic E-state index is 0.0600. The van der Waals surface area contributed by atoms with Gasteiger partial charge in [0.25, 0.3) is 0 Å². The molecule has 7 atom stereocenters. The highest BCUT2D eigenvalue weighted by molar-refractivity contribution is 5.87. The van der Waals surface area contributed by atoms with Gasteiger partial charge in [-0.25, -0.2) is 0 Å². The van der Waals surface area contributed by atoms with E-state index in [4.69, 9.17) is 0 Å². The highest BCUT2D eigenvalue weighted by atomic mass is 16.3. The van der Waals surface area contributed by atoms with Crippen LogP contribution in [0.1, 0.15) is 143 Å². The number of unbranched alkanes of at least 4 members (excludes halogenated alkanes) is 6. The summed E-state index contributed by atoms with van der Waals surface area (Å²) in [4.78, 5) is 28.0. The molecule has 212 valence electrons. The predicted molar refractivity (Wildman–Crippen MR) is 151 cm³/mol. The van der Waals surface area contributed by atoms with Crippen molar-refractivity contribution in [1.82, 2.24) is 4.90 Å². The zero-order valence-corrected chi connectivity index (χ0v) is 24.7. The Hall–Kier alpha value is -0.900. The molecule has 4 nitrogen and oxygen atoms in total. The maximum atomic E-state index is 13.2. The molecule has 1 amide bonds. The van der Waals surface area contributed by atoms with Crippen molar-refractivity contribution in [3.8, 4) is 0 Å². The van der Waals surface area contributed by atoms with E-state index in [1.165, 1.54) is 44.9 Å². The minimum Gasteiger partial charge on any atom is -0.388 e. The van der Waals surface area contributed by atoms with Gasteiger partial charge in [0.15, 0.2) is 0 Å². The van der Waals surface area contributed by atoms with Crippen LogP contribution in [0.15, 0.2) is 0 Å². The number of hydrogen-bond donors (Lipinski definition) is 1. The molecule has 0 bridgehead atoms. The third-order valence-electron chi connectivity index (χ3n) is 11.9. The van der Waals surface area contributed by atoms with Crippen LogP contribution in [0, 0.1) is 34.5 Å². The number of fused-ring (bicyclic) bond motifs is 5. The van der Waals surface area contributed by atoms with Crippen LogP contribution in [0.4, 0.5) is 0 Å². The fourth-order valence-corrected chi connectivity index (χ4v) is 9.47. The van der Waals surface area contributed by atoms with Gasteiger partial charge in [0.05, 0.1) is 5.60 Å². The van der Waals surface area contributed by atoms with Gasteiger partial charge >= 0.3 is 0 Å². The second-order valence-corrected chi connectivity index (χ2v) is 14.2. The number of hydrogen-bond acceptors (Lipinski definition) is 3. The Morgan fingerprint density at radius 3 is 2.38 bits per heavy atom. The van der Waals surface area contributed by atoms with E-state index < -0.39 is 5.60 Å². The second-order valence-electron chi connectivity index (χ2n) is 14.2. The van der Waals surface area contributed by atoms with Crippen molar-refractivity contribution in [3.63, 3.8) is 0 Å². The van der Waals surface area contributed by atoms with Crippen LogP contribution in [0.5, 0.6) is 0 Å². The van der Waals surface area contributed by atoms with Crippen molar-refractivity contribution >= 4 is 11.7 Å². The summed E-state index contributed by atoms with van der Waals surface area (Å²) in [6.45, 7) is 10.5. The van der Waals surface area contributed by atoms with Gasteiger partial charge in [-0.15, -0.1) is 0 Å². The summed E-state index contributed by atoms with van der Waals surface area (Å²) in [5.74, 6) is 3.30. The summed E-state index contributed by atoms with van der Waals surface area (Å²) in [6.07, 6.45) is 19.1. The van der Waals surface area contributed by atoms with E-state index in [2.05, 4.69) is 27.7 Å². The monoisotopic (exact) mass is 515 g/mol. The summed E-state index contributed by atoms with van der Waals surface area (Å²) in [5, 5.41) is 11.9. The van der Waals surface area contributed by atoms with Crippen molar-refractivity contribution in [3.05, 3.63) is 0 Å². The molecule has 0 aromatic rings. The minimum atomic E-state index is -0.743. The molecule has 0 spiro atoms. The lowest BCUT2D eigenvalue weighted by atomic mass is 9.44. The van der Waals surface area contributed by atoms with Gasteiger partial charge < -0.3 is 10.0 Å². The van der Waals surface area contributed by atoms with Crippen LogP contribution < -0.4 is 0 Å². The number of Topliss-reactive ketones (excluding diaryl/α,β-unsaturated/α-hetero) is 1. The van der Waals surface area contributed by atoms with Crippen molar-refractivity contribution in [2.24, 2.45) is 34.5 Å². The lowest BCUT2D eigenvalue weighted by Crippen LogP contribution is -2.58. The van der Waals surface area contributed by atoms with E-state index in [0.717, 1.165) is 70.8 Å². The van der Waals surface area contributed by atoms with E-state index in [1.807, 2.05) is 4.90 Å². The van der Waals surface area contributed by atoms with Crippen LogP contribution in [-0.4, -0.2) is 40.4 Å². The number of amides is 1. The molecular formula is C33H57NO3. The molecule has 1 N–H and O–H groups in total. The smallest absolute Gasteiger partial charge is 0.222 e. The summed E-state index contributed by atoms with van der Waals surface area (Å²) in [7, 11) is 0. The fourth-order valence-electron chi connectivity index (χ4n) is 9.47. The first-order chi connectivity index (χ1) is 17.7. The Morgan fingerprint density at radius 1 is 0.892 bits per heavy atom. The standard InChI is InChI=1S/C33H57NO3/c1-5-7-9-10-12-22-34(30(36)13-11-8-6-2)24-33(37)21-20-31(3)25(23-33)14-15-26-27-16-17-29(35)32(27,4)19-18-28(26)31/h25-28,37H,5-24H2,1-4H3/t25-,26-,27-,28-,31-,32-,33+/m0/s1. The Labute approximate surface area is 227 Å². The highest BCUT2D eigenvalue weighted by Crippen LogP contribution is 2.66. The topological polar surface area (TPSA) is 57.6 Å². The molecule has 37 heavy (non-hydrogen) atoms. The molecule has 0 unspecified atom stereocenters. The zero-order valence-electron chi connectivity index (χ0n) is 24.7. The average molecular weight is 516 g/mol. The number of nitrogens with zero attached hydrogens (tertiary/aromatic N) is 1. The van der Waals surface area contributed by atoms with E-state index in [1.54, 1.807) is 0 Å². The number of ketones is 1. The lowest BCUT2D eigenvalue weighted by Gasteiger charge is -2.61. The normalized spacial score (nSPS) is 39.1. The predicted octanol–water partition coefficient (Wildman–Crippen LogP) is 7.71. The maximum absolute atomic E-state index is 13.2. The van der Waals surface area contributed by atoms with Gasteiger partial charge in [0.1, 0.15) is 5.78 Å². The van der Waals surface area contributed by atoms with Gasteiger partial charge in [-0.05, 0) is 93.3 Å². The average Bonchev–Trinajstić information content (AvgIpc) is 3.18. The molecule has 4 fully saturated rings. The largest absolute Gasteiger partial charge is 0.388 e. The summed E-state index contributed by atoms with van der Waals surface area (Å²) in [5.41, 5.74) is -0.527. The Bertz CT molecular complexity index is 796.